The van der Waals surface area contributed by atoms with Gasteiger partial charge in [0.2, 0.25) is 0 Å². The van der Waals surface area contributed by atoms with Crippen LogP contribution in [0.25, 0.3) is 0 Å². The second-order valence-corrected chi connectivity index (χ2v) is 11.5. The summed E-state index contributed by atoms with van der Waals surface area (Å²) in [6.45, 7) is -0.275. The van der Waals surface area contributed by atoms with Crippen molar-refractivity contribution in [2.75, 3.05) is 0 Å². The van der Waals surface area contributed by atoms with E-state index in [2.05, 4.69) is 4.52 Å². The van der Waals surface area contributed by atoms with Crippen molar-refractivity contribution in [3.63, 3.8) is 0 Å². The molecule has 0 aromatic carbocycles. The summed E-state index contributed by atoms with van der Waals surface area (Å²) in [6.07, 6.45) is -15.3. The minimum atomic E-state index is -10.1. The first-order valence-electron chi connectivity index (χ1n) is 11.7. The maximum Gasteiger partial charge on any atom is 0.469 e. The molecule has 0 fully saturated rings. The lowest BCUT2D eigenvalue weighted by molar-refractivity contribution is -0.489. The Hall–Kier alpha value is -2.06. The molecule has 0 saturated carbocycles. The van der Waals surface area contributed by atoms with E-state index in [0.29, 0.717) is 0 Å². The maximum atomic E-state index is 13.9. The van der Waals surface area contributed by atoms with Crippen LogP contribution in [-0.4, -0.2) is 105 Å². The van der Waals surface area contributed by atoms with Crippen LogP contribution >= 0.6 is 7.82 Å². The SMILES string of the molecule is CC(CC(F)(F)C(F)(F)C(F)(F)C(F)(F)C(F)(F)C(F)(F)C(F)(F)C(F)(F)C(F)(F)C(F)(F)C(F)(F)C(F)(F)C(F)(F)C(F)(F)C(F)(F)F)OP(=O)(O)O. The predicted molar refractivity (Wildman–Crippen MR) is 103 cm³/mol. The molecule has 4 nitrogen and oxygen atoms in total. The third-order valence-corrected chi connectivity index (χ3v) is 7.04. The predicted octanol–water partition coefficient (Wildman–Crippen LogP) is 10.3. The Morgan fingerprint density at radius 3 is 0.704 bits per heavy atom. The average molecular weight is 908 g/mol. The number of phosphoric ester groups is 1. The van der Waals surface area contributed by atoms with E-state index in [1.54, 1.807) is 0 Å². The van der Waals surface area contributed by atoms with Crippen molar-refractivity contribution in [2.24, 2.45) is 0 Å². The number of alkyl halides is 31. The molecular weight excluding hydrogens is 900 g/mol. The molecule has 0 saturated heterocycles. The van der Waals surface area contributed by atoms with Crippen molar-refractivity contribution in [3.05, 3.63) is 0 Å². The molecule has 1 unspecified atom stereocenters. The van der Waals surface area contributed by atoms with Crippen LogP contribution in [0.2, 0.25) is 0 Å². The Balaban J connectivity index is 7.57. The number of halogens is 31. The minimum Gasteiger partial charge on any atom is -0.303 e. The smallest absolute Gasteiger partial charge is 0.303 e. The highest BCUT2D eigenvalue weighted by Crippen LogP contribution is 2.69. The summed E-state index contributed by atoms with van der Waals surface area (Å²) in [7, 11) is -6.19. The fourth-order valence-corrected chi connectivity index (χ4v) is 3.88. The summed E-state index contributed by atoms with van der Waals surface area (Å²) in [4.78, 5) is 16.6. The van der Waals surface area contributed by atoms with Crippen LogP contribution in [0.1, 0.15) is 13.3 Å². The van der Waals surface area contributed by atoms with Crippen LogP contribution in [-0.2, 0) is 9.09 Å². The molecule has 0 aliphatic heterocycles. The van der Waals surface area contributed by atoms with Crippen molar-refractivity contribution in [1.82, 2.24) is 0 Å². The molecule has 326 valence electrons. The second-order valence-electron chi connectivity index (χ2n) is 10.3. The van der Waals surface area contributed by atoms with Gasteiger partial charge in [-0.1, -0.05) is 0 Å². The van der Waals surface area contributed by atoms with Crippen molar-refractivity contribution in [1.29, 1.82) is 0 Å². The zero-order valence-corrected chi connectivity index (χ0v) is 24.6. The van der Waals surface area contributed by atoms with Crippen LogP contribution in [0.4, 0.5) is 136 Å². The first-order valence-corrected chi connectivity index (χ1v) is 13.2. The summed E-state index contributed by atoms with van der Waals surface area (Å²) in [6, 6.07) is 0. The molecule has 54 heavy (non-hydrogen) atoms. The number of hydrogen-bond acceptors (Lipinski definition) is 2. The third kappa shape index (κ3) is 6.67. The molecule has 0 radical (unpaired) electrons. The maximum absolute atomic E-state index is 13.9. The topological polar surface area (TPSA) is 66.8 Å². The Labute approximate surface area is 272 Å². The highest BCUT2D eigenvalue weighted by molar-refractivity contribution is 7.46. The number of phosphoric acid groups is 1. The normalized spacial score (nSPS) is 17.6. The van der Waals surface area contributed by atoms with Gasteiger partial charge < -0.3 is 9.79 Å². The van der Waals surface area contributed by atoms with E-state index in [0.717, 1.165) is 0 Å². The third-order valence-electron chi connectivity index (χ3n) is 6.41. The van der Waals surface area contributed by atoms with E-state index >= 15 is 0 Å². The summed E-state index contributed by atoms with van der Waals surface area (Å²) >= 11 is 0. The molecule has 0 aliphatic carbocycles. The van der Waals surface area contributed by atoms with Gasteiger partial charge in [0.15, 0.2) is 0 Å². The lowest BCUT2D eigenvalue weighted by Crippen LogP contribution is -2.79. The summed E-state index contributed by atoms with van der Waals surface area (Å²) in [5.74, 6) is -133. The van der Waals surface area contributed by atoms with Crippen LogP contribution in [0, 0.1) is 0 Å². The molecule has 0 aliphatic rings. The molecule has 0 amide bonds. The molecule has 0 bridgehead atoms. The molecule has 0 rings (SSSR count). The fourth-order valence-electron chi connectivity index (χ4n) is 3.34. The molecule has 0 aromatic heterocycles. The number of rotatable bonds is 17. The van der Waals surface area contributed by atoms with Crippen LogP contribution in [0.3, 0.4) is 0 Å². The lowest BCUT2D eigenvalue weighted by atomic mass is 9.83. The highest BCUT2D eigenvalue weighted by atomic mass is 31.2. The van der Waals surface area contributed by atoms with E-state index in [4.69, 9.17) is 9.79 Å². The van der Waals surface area contributed by atoms with Crippen molar-refractivity contribution >= 4 is 7.82 Å². The van der Waals surface area contributed by atoms with Gasteiger partial charge >= 0.3 is 96.9 Å². The first-order chi connectivity index (χ1) is 22.6. The monoisotopic (exact) mass is 908 g/mol. The molecule has 36 heteroatoms. The van der Waals surface area contributed by atoms with E-state index in [1.807, 2.05) is 0 Å². The van der Waals surface area contributed by atoms with Gasteiger partial charge in [0.05, 0.1) is 6.10 Å². The van der Waals surface area contributed by atoms with Crippen LogP contribution in [0.15, 0.2) is 0 Å². The van der Waals surface area contributed by atoms with Crippen molar-refractivity contribution < 1.29 is 155 Å². The Bertz CT molecular complexity index is 1410. The standard InChI is InChI=1S/C18H8F31O4P/c1-3(53-54(50,51)52)2-4(19,20)5(21,22)6(23,24)7(25,26)8(27,28)9(29,30)10(31,32)11(33,34)12(35,36)13(37,38)14(39,40)15(41,42)16(43,44)17(45,46)18(47,48)49/h3H,2H2,1H3,(H2,50,51,52). The quantitative estimate of drug-likeness (QED) is 0.113. The lowest BCUT2D eigenvalue weighted by Gasteiger charge is -2.46. The second kappa shape index (κ2) is 13.0. The summed E-state index contributed by atoms with van der Waals surface area (Å²) < 4.78 is 433. The van der Waals surface area contributed by atoms with Crippen LogP contribution in [0.5, 0.6) is 0 Å². The van der Waals surface area contributed by atoms with Gasteiger partial charge in [0, 0.05) is 6.42 Å². The summed E-state index contributed by atoms with van der Waals surface area (Å²) in [5, 5.41) is 0. The van der Waals surface area contributed by atoms with Gasteiger partial charge in [0.1, 0.15) is 0 Å². The molecule has 2 N–H and O–H groups in total. The Morgan fingerprint density at radius 1 is 0.370 bits per heavy atom. The first kappa shape index (κ1) is 51.9. The average Bonchev–Trinajstić information content (AvgIpc) is 2.89. The van der Waals surface area contributed by atoms with Crippen LogP contribution < -0.4 is 0 Å². The van der Waals surface area contributed by atoms with Crippen molar-refractivity contribution in [3.8, 4) is 0 Å². The van der Waals surface area contributed by atoms with Gasteiger partial charge in [-0.25, -0.2) is 4.57 Å². The molecule has 0 heterocycles. The van der Waals surface area contributed by atoms with Gasteiger partial charge in [-0.3, -0.25) is 4.52 Å². The fraction of sp³-hybridized carbons (Fsp3) is 1.00. The van der Waals surface area contributed by atoms with E-state index in [-0.39, 0.29) is 6.92 Å². The van der Waals surface area contributed by atoms with Gasteiger partial charge in [-0.2, -0.15) is 136 Å². The zero-order valence-electron chi connectivity index (χ0n) is 23.7. The van der Waals surface area contributed by atoms with E-state index in [9.17, 15) is 141 Å². The Morgan fingerprint density at radius 2 is 0.537 bits per heavy atom. The molecule has 1 atom stereocenters. The van der Waals surface area contributed by atoms with E-state index < -0.39 is 109 Å². The largest absolute Gasteiger partial charge is 0.469 e. The molecular formula is C18H8F31O4P. The van der Waals surface area contributed by atoms with Crippen molar-refractivity contribution in [2.45, 2.75) is 109 Å². The molecule has 0 aromatic rings. The van der Waals surface area contributed by atoms with Gasteiger partial charge in [-0.05, 0) is 6.92 Å². The Kier molecular flexibility index (Phi) is 12.5. The minimum absolute atomic E-state index is 0.275. The highest BCUT2D eigenvalue weighted by Gasteiger charge is 3.01. The van der Waals surface area contributed by atoms with Gasteiger partial charge in [-0.15, -0.1) is 0 Å². The van der Waals surface area contributed by atoms with Gasteiger partial charge in [0.25, 0.3) is 0 Å². The number of hydrogen-bond donors (Lipinski definition) is 2. The zero-order chi connectivity index (χ0) is 45.0. The van der Waals surface area contributed by atoms with E-state index in [1.165, 1.54) is 0 Å². The molecule has 0 spiro atoms. The summed E-state index contributed by atoms with van der Waals surface area (Å²) in [5.41, 5.74) is 0.